The number of aliphatic carboxylic acids is 1. The molecule has 5 heteroatoms. The monoisotopic (exact) mass is 311 g/mol. The zero-order valence-corrected chi connectivity index (χ0v) is 11.3. The fraction of sp³-hybridized carbons (Fsp3) is 0.231. The van der Waals surface area contributed by atoms with Crippen LogP contribution in [0.1, 0.15) is 18.4 Å². The Morgan fingerprint density at radius 1 is 1.33 bits per heavy atom. The minimum atomic E-state index is -0.854. The van der Waals surface area contributed by atoms with E-state index >= 15 is 0 Å². The average Bonchev–Trinajstić information content (AvgIpc) is 2.33. The van der Waals surface area contributed by atoms with Gasteiger partial charge in [0.15, 0.2) is 0 Å². The number of hydrogen-bond acceptors (Lipinski definition) is 2. The summed E-state index contributed by atoms with van der Waals surface area (Å²) >= 11 is 3.38. The molecule has 96 valence electrons. The number of carbonyl (C=O) groups excluding carboxylic acids is 1. The summed E-state index contributed by atoms with van der Waals surface area (Å²) in [5, 5.41) is 11.1. The number of carbonyl (C=O) groups is 2. The lowest BCUT2D eigenvalue weighted by Crippen LogP contribution is -2.22. The predicted octanol–water partition coefficient (Wildman–Crippen LogP) is 2.44. The van der Waals surface area contributed by atoms with Gasteiger partial charge in [0.2, 0.25) is 5.91 Å². The molecule has 0 unspecified atom stereocenters. The number of hydrogen-bond donors (Lipinski definition) is 2. The van der Waals surface area contributed by atoms with Crippen LogP contribution in [0, 0.1) is 0 Å². The quantitative estimate of drug-likeness (QED) is 0.626. The van der Waals surface area contributed by atoms with E-state index in [9.17, 15) is 9.59 Å². The average molecular weight is 312 g/mol. The zero-order chi connectivity index (χ0) is 13.4. The number of benzene rings is 1. The van der Waals surface area contributed by atoms with Gasteiger partial charge in [0.05, 0.1) is 0 Å². The fourth-order valence-corrected chi connectivity index (χ4v) is 1.70. The number of rotatable bonds is 6. The molecule has 0 aliphatic rings. The summed E-state index contributed by atoms with van der Waals surface area (Å²) in [6, 6.07) is 7.56. The summed E-state index contributed by atoms with van der Waals surface area (Å²) in [4.78, 5) is 21.7. The molecule has 2 N–H and O–H groups in total. The number of amides is 1. The van der Waals surface area contributed by atoms with Crippen LogP contribution < -0.4 is 5.32 Å². The Bertz CT molecular complexity index is 457. The van der Waals surface area contributed by atoms with E-state index < -0.39 is 5.97 Å². The normalized spacial score (nSPS) is 10.5. The first kappa shape index (κ1) is 14.4. The zero-order valence-electron chi connectivity index (χ0n) is 9.73. The van der Waals surface area contributed by atoms with E-state index in [1.54, 1.807) is 6.08 Å². The van der Waals surface area contributed by atoms with Crippen LogP contribution in [0.2, 0.25) is 0 Å². The lowest BCUT2D eigenvalue weighted by Gasteiger charge is -2.00. The molecular weight excluding hydrogens is 298 g/mol. The minimum absolute atomic E-state index is 0.0637. The first-order valence-electron chi connectivity index (χ1n) is 5.52. The molecule has 0 atom stereocenters. The van der Waals surface area contributed by atoms with Gasteiger partial charge in [0.1, 0.15) is 0 Å². The second-order valence-electron chi connectivity index (χ2n) is 3.64. The third-order valence-electron chi connectivity index (χ3n) is 2.19. The molecule has 0 bridgehead atoms. The van der Waals surface area contributed by atoms with E-state index in [4.69, 9.17) is 5.11 Å². The maximum absolute atomic E-state index is 11.4. The van der Waals surface area contributed by atoms with Gasteiger partial charge in [-0.2, -0.15) is 0 Å². The highest BCUT2D eigenvalue weighted by atomic mass is 79.9. The maximum Gasteiger partial charge on any atom is 0.303 e. The summed E-state index contributed by atoms with van der Waals surface area (Å²) < 4.78 is 0.917. The van der Waals surface area contributed by atoms with Crippen LogP contribution in [0.15, 0.2) is 34.8 Å². The van der Waals surface area contributed by atoms with E-state index in [-0.39, 0.29) is 12.3 Å². The standard InChI is InChI=1S/C13H14BrNO3/c14-11-5-2-1-4-10(11)7-8-12(16)15-9-3-6-13(17)18/h1-2,4-5,7-8H,3,6,9H2,(H,15,16)(H,17,18)/b8-7+. The van der Waals surface area contributed by atoms with Crippen molar-refractivity contribution in [2.45, 2.75) is 12.8 Å². The number of carboxylic acids is 1. The number of nitrogens with one attached hydrogen (secondary N) is 1. The van der Waals surface area contributed by atoms with Gasteiger partial charge < -0.3 is 10.4 Å². The molecule has 18 heavy (non-hydrogen) atoms. The lowest BCUT2D eigenvalue weighted by atomic mass is 10.2. The van der Waals surface area contributed by atoms with E-state index in [0.717, 1.165) is 10.0 Å². The van der Waals surface area contributed by atoms with Crippen LogP contribution >= 0.6 is 15.9 Å². The van der Waals surface area contributed by atoms with Gasteiger partial charge in [-0.25, -0.2) is 0 Å². The summed E-state index contributed by atoms with van der Waals surface area (Å²) in [6.07, 6.45) is 3.63. The van der Waals surface area contributed by atoms with Crippen LogP contribution in [0.25, 0.3) is 6.08 Å². The van der Waals surface area contributed by atoms with Crippen LogP contribution in [-0.2, 0) is 9.59 Å². The van der Waals surface area contributed by atoms with Crippen molar-refractivity contribution < 1.29 is 14.7 Å². The molecule has 0 aromatic heterocycles. The number of carboxylic acid groups (broad SMARTS) is 1. The van der Waals surface area contributed by atoms with E-state index in [2.05, 4.69) is 21.2 Å². The first-order chi connectivity index (χ1) is 8.59. The molecule has 0 aliphatic carbocycles. The Morgan fingerprint density at radius 2 is 2.06 bits per heavy atom. The van der Waals surface area contributed by atoms with Crippen molar-refractivity contribution in [1.82, 2.24) is 5.32 Å². The number of halogens is 1. The molecule has 4 nitrogen and oxygen atoms in total. The first-order valence-corrected chi connectivity index (χ1v) is 6.31. The van der Waals surface area contributed by atoms with Gasteiger partial charge in [0, 0.05) is 23.5 Å². The molecule has 1 aromatic rings. The van der Waals surface area contributed by atoms with Gasteiger partial charge >= 0.3 is 5.97 Å². The van der Waals surface area contributed by atoms with Crippen LogP contribution in [-0.4, -0.2) is 23.5 Å². The van der Waals surface area contributed by atoms with E-state index in [0.29, 0.717) is 13.0 Å². The smallest absolute Gasteiger partial charge is 0.303 e. The van der Waals surface area contributed by atoms with Gasteiger partial charge in [-0.05, 0) is 24.1 Å². The van der Waals surface area contributed by atoms with Crippen LogP contribution in [0.3, 0.4) is 0 Å². The van der Waals surface area contributed by atoms with E-state index in [1.807, 2.05) is 24.3 Å². The van der Waals surface area contributed by atoms with Crippen molar-refractivity contribution in [3.05, 3.63) is 40.4 Å². The van der Waals surface area contributed by atoms with Crippen molar-refractivity contribution in [2.75, 3.05) is 6.54 Å². The van der Waals surface area contributed by atoms with Crippen molar-refractivity contribution in [3.8, 4) is 0 Å². The molecule has 0 fully saturated rings. The molecular formula is C13H14BrNO3. The summed E-state index contributed by atoms with van der Waals surface area (Å²) in [6.45, 7) is 0.367. The lowest BCUT2D eigenvalue weighted by molar-refractivity contribution is -0.137. The molecule has 0 saturated carbocycles. The largest absolute Gasteiger partial charge is 0.481 e. The summed E-state index contributed by atoms with van der Waals surface area (Å²) in [5.74, 6) is -1.08. The highest BCUT2D eigenvalue weighted by Crippen LogP contribution is 2.16. The molecule has 1 aromatic carbocycles. The fourth-order valence-electron chi connectivity index (χ4n) is 1.29. The highest BCUT2D eigenvalue weighted by molar-refractivity contribution is 9.10. The molecule has 0 spiro atoms. The Kier molecular flexibility index (Phi) is 6.14. The van der Waals surface area contributed by atoms with Crippen molar-refractivity contribution in [2.24, 2.45) is 0 Å². The Balaban J connectivity index is 2.36. The summed E-state index contributed by atoms with van der Waals surface area (Å²) in [7, 11) is 0. The van der Waals surface area contributed by atoms with Gasteiger partial charge in [-0.15, -0.1) is 0 Å². The van der Waals surface area contributed by atoms with Gasteiger partial charge in [0.25, 0.3) is 0 Å². The Hall–Kier alpha value is -1.62. The third kappa shape index (κ3) is 5.63. The molecule has 0 radical (unpaired) electrons. The maximum atomic E-state index is 11.4. The second-order valence-corrected chi connectivity index (χ2v) is 4.50. The molecule has 0 heterocycles. The van der Waals surface area contributed by atoms with Gasteiger partial charge in [-0.1, -0.05) is 34.1 Å². The van der Waals surface area contributed by atoms with Crippen molar-refractivity contribution in [3.63, 3.8) is 0 Å². The van der Waals surface area contributed by atoms with Crippen molar-refractivity contribution in [1.29, 1.82) is 0 Å². The van der Waals surface area contributed by atoms with Crippen molar-refractivity contribution >= 4 is 33.9 Å². The summed E-state index contributed by atoms with van der Waals surface area (Å²) in [5.41, 5.74) is 0.915. The Labute approximate surface area is 114 Å². The predicted molar refractivity (Wildman–Crippen MR) is 73.1 cm³/mol. The molecule has 0 saturated heterocycles. The Morgan fingerprint density at radius 3 is 2.72 bits per heavy atom. The third-order valence-corrected chi connectivity index (χ3v) is 2.91. The second kappa shape index (κ2) is 7.66. The van der Waals surface area contributed by atoms with Crippen LogP contribution in [0.5, 0.6) is 0 Å². The van der Waals surface area contributed by atoms with Gasteiger partial charge in [-0.3, -0.25) is 9.59 Å². The topological polar surface area (TPSA) is 66.4 Å². The molecule has 0 aliphatic heterocycles. The van der Waals surface area contributed by atoms with E-state index in [1.165, 1.54) is 6.08 Å². The SMILES string of the molecule is O=C(O)CCCNC(=O)/C=C/c1ccccc1Br. The molecule has 1 amide bonds. The highest BCUT2D eigenvalue weighted by Gasteiger charge is 1.99. The van der Waals surface area contributed by atoms with Crippen LogP contribution in [0.4, 0.5) is 0 Å². The minimum Gasteiger partial charge on any atom is -0.481 e. The molecule has 1 rings (SSSR count).